The molecule has 1 aromatic heterocycles. The number of rotatable bonds is 2. The standard InChI is InChI=1S/C12H19N3O/c1-14-8-5-10(6-9-14)13-12(16)11-4-3-7-15(11)2/h3-4,7,10H,5-6,8-9H2,1-2H3,(H,13,16). The number of nitrogens with one attached hydrogen (secondary N) is 1. The second-order valence-corrected chi connectivity index (χ2v) is 4.56. The SMILES string of the molecule is CN1CCC(NC(=O)c2cccn2C)CC1. The lowest BCUT2D eigenvalue weighted by Gasteiger charge is -2.29. The molecule has 1 aromatic rings. The second-order valence-electron chi connectivity index (χ2n) is 4.56. The summed E-state index contributed by atoms with van der Waals surface area (Å²) in [6, 6.07) is 4.08. The van der Waals surface area contributed by atoms with Crippen LogP contribution >= 0.6 is 0 Å². The van der Waals surface area contributed by atoms with Gasteiger partial charge in [0.05, 0.1) is 0 Å². The van der Waals surface area contributed by atoms with E-state index in [1.165, 1.54) is 0 Å². The van der Waals surface area contributed by atoms with Gasteiger partial charge in [-0.1, -0.05) is 0 Å². The highest BCUT2D eigenvalue weighted by atomic mass is 16.2. The number of carbonyl (C=O) groups excluding carboxylic acids is 1. The molecule has 0 radical (unpaired) electrons. The van der Waals surface area contributed by atoms with Crippen LogP contribution in [0.5, 0.6) is 0 Å². The molecule has 0 bridgehead atoms. The maximum absolute atomic E-state index is 11.9. The smallest absolute Gasteiger partial charge is 0.268 e. The number of aromatic nitrogens is 1. The van der Waals surface area contributed by atoms with Crippen molar-refractivity contribution in [3.63, 3.8) is 0 Å². The molecule has 1 N–H and O–H groups in total. The Hall–Kier alpha value is -1.29. The first-order valence-electron chi connectivity index (χ1n) is 5.77. The molecule has 0 aromatic carbocycles. The summed E-state index contributed by atoms with van der Waals surface area (Å²) in [5.41, 5.74) is 0.735. The lowest BCUT2D eigenvalue weighted by atomic mass is 10.1. The van der Waals surface area contributed by atoms with Gasteiger partial charge in [0.15, 0.2) is 0 Å². The van der Waals surface area contributed by atoms with Crippen LogP contribution in [0.1, 0.15) is 23.3 Å². The summed E-state index contributed by atoms with van der Waals surface area (Å²) in [7, 11) is 4.01. The Morgan fingerprint density at radius 2 is 2.06 bits per heavy atom. The minimum absolute atomic E-state index is 0.0436. The summed E-state index contributed by atoms with van der Waals surface area (Å²) in [5.74, 6) is 0.0436. The number of hydrogen-bond donors (Lipinski definition) is 1. The molecule has 2 heterocycles. The van der Waals surface area contributed by atoms with Crippen LogP contribution in [0.15, 0.2) is 18.3 Å². The number of nitrogens with zero attached hydrogens (tertiary/aromatic N) is 2. The van der Waals surface area contributed by atoms with Crippen LogP contribution in [0.2, 0.25) is 0 Å². The Morgan fingerprint density at radius 1 is 1.38 bits per heavy atom. The molecule has 0 unspecified atom stereocenters. The largest absolute Gasteiger partial charge is 0.348 e. The fraction of sp³-hybridized carbons (Fsp3) is 0.583. The first-order chi connectivity index (χ1) is 7.66. The maximum Gasteiger partial charge on any atom is 0.268 e. The number of piperidine rings is 1. The molecule has 0 aliphatic carbocycles. The van der Waals surface area contributed by atoms with Crippen molar-refractivity contribution in [1.29, 1.82) is 0 Å². The first-order valence-corrected chi connectivity index (χ1v) is 5.77. The minimum atomic E-state index is 0.0436. The van der Waals surface area contributed by atoms with Crippen LogP contribution < -0.4 is 5.32 Å². The highest BCUT2D eigenvalue weighted by Gasteiger charge is 2.19. The van der Waals surface area contributed by atoms with Crippen LogP contribution in [0.3, 0.4) is 0 Å². The molecule has 1 fully saturated rings. The molecule has 0 spiro atoms. The summed E-state index contributed by atoms with van der Waals surface area (Å²) >= 11 is 0. The number of aryl methyl sites for hydroxylation is 1. The fourth-order valence-electron chi connectivity index (χ4n) is 2.11. The van der Waals surface area contributed by atoms with Crippen molar-refractivity contribution in [2.45, 2.75) is 18.9 Å². The number of likely N-dealkylation sites (tertiary alicyclic amines) is 1. The van der Waals surface area contributed by atoms with Crippen molar-refractivity contribution in [2.24, 2.45) is 7.05 Å². The van der Waals surface area contributed by atoms with E-state index in [1.807, 2.05) is 29.9 Å². The number of carbonyl (C=O) groups is 1. The van der Waals surface area contributed by atoms with Crippen LogP contribution in [-0.4, -0.2) is 41.6 Å². The minimum Gasteiger partial charge on any atom is -0.348 e. The van der Waals surface area contributed by atoms with Gasteiger partial charge in [0.25, 0.3) is 5.91 Å². The van der Waals surface area contributed by atoms with E-state index in [2.05, 4.69) is 17.3 Å². The van der Waals surface area contributed by atoms with E-state index >= 15 is 0 Å². The summed E-state index contributed by atoms with van der Waals surface area (Å²) in [6.07, 6.45) is 3.99. The fourth-order valence-corrected chi connectivity index (χ4v) is 2.11. The van der Waals surface area contributed by atoms with E-state index in [4.69, 9.17) is 0 Å². The summed E-state index contributed by atoms with van der Waals surface area (Å²) in [4.78, 5) is 14.2. The van der Waals surface area contributed by atoms with E-state index in [0.717, 1.165) is 31.6 Å². The van der Waals surface area contributed by atoms with Crippen LogP contribution in [0.25, 0.3) is 0 Å². The zero-order valence-corrected chi connectivity index (χ0v) is 9.94. The number of hydrogen-bond acceptors (Lipinski definition) is 2. The molecule has 1 saturated heterocycles. The Kier molecular flexibility index (Phi) is 3.29. The first kappa shape index (κ1) is 11.2. The monoisotopic (exact) mass is 221 g/mol. The predicted molar refractivity (Wildman–Crippen MR) is 63.4 cm³/mol. The molecule has 16 heavy (non-hydrogen) atoms. The second kappa shape index (κ2) is 4.70. The number of amides is 1. The predicted octanol–water partition coefficient (Wildman–Crippen LogP) is 0.849. The zero-order valence-electron chi connectivity index (χ0n) is 9.94. The lowest BCUT2D eigenvalue weighted by molar-refractivity contribution is 0.0908. The van der Waals surface area contributed by atoms with Gasteiger partial charge in [0.2, 0.25) is 0 Å². The summed E-state index contributed by atoms with van der Waals surface area (Å²) < 4.78 is 1.85. The average molecular weight is 221 g/mol. The average Bonchev–Trinajstić information content (AvgIpc) is 2.68. The molecule has 1 amide bonds. The molecule has 4 heteroatoms. The van der Waals surface area contributed by atoms with E-state index in [1.54, 1.807) is 0 Å². The Balaban J connectivity index is 1.91. The normalized spacial score (nSPS) is 18.6. The van der Waals surface area contributed by atoms with Gasteiger partial charge in [0, 0.05) is 19.3 Å². The third-order valence-corrected chi connectivity index (χ3v) is 3.23. The third kappa shape index (κ3) is 2.44. The van der Waals surface area contributed by atoms with Gasteiger partial charge < -0.3 is 14.8 Å². The van der Waals surface area contributed by atoms with Gasteiger partial charge in [-0.2, -0.15) is 0 Å². The van der Waals surface area contributed by atoms with Crippen molar-refractivity contribution in [1.82, 2.24) is 14.8 Å². The van der Waals surface area contributed by atoms with Gasteiger partial charge in [-0.25, -0.2) is 0 Å². The molecular weight excluding hydrogens is 202 g/mol. The molecule has 1 aliphatic rings. The third-order valence-electron chi connectivity index (χ3n) is 3.23. The molecule has 88 valence electrons. The zero-order chi connectivity index (χ0) is 11.5. The highest BCUT2D eigenvalue weighted by molar-refractivity contribution is 5.92. The molecule has 4 nitrogen and oxygen atoms in total. The molecule has 1 aliphatic heterocycles. The van der Waals surface area contributed by atoms with E-state index in [0.29, 0.717) is 6.04 Å². The Bertz CT molecular complexity index is 364. The van der Waals surface area contributed by atoms with Crippen LogP contribution in [0.4, 0.5) is 0 Å². The topological polar surface area (TPSA) is 37.3 Å². The lowest BCUT2D eigenvalue weighted by Crippen LogP contribution is -2.43. The van der Waals surface area contributed by atoms with Crippen molar-refractivity contribution in [3.05, 3.63) is 24.0 Å². The summed E-state index contributed by atoms with van der Waals surface area (Å²) in [5, 5.41) is 3.10. The Labute approximate surface area is 96.2 Å². The molecule has 0 atom stereocenters. The quantitative estimate of drug-likeness (QED) is 0.804. The maximum atomic E-state index is 11.9. The molecule has 0 saturated carbocycles. The summed E-state index contributed by atoms with van der Waals surface area (Å²) in [6.45, 7) is 2.14. The Morgan fingerprint density at radius 3 is 2.62 bits per heavy atom. The van der Waals surface area contributed by atoms with Crippen molar-refractivity contribution >= 4 is 5.91 Å². The van der Waals surface area contributed by atoms with Gasteiger partial charge in [-0.05, 0) is 45.1 Å². The van der Waals surface area contributed by atoms with Crippen molar-refractivity contribution in [3.8, 4) is 0 Å². The molecular formula is C12H19N3O. The van der Waals surface area contributed by atoms with Gasteiger partial charge in [-0.3, -0.25) is 4.79 Å². The van der Waals surface area contributed by atoms with Crippen molar-refractivity contribution < 1.29 is 4.79 Å². The van der Waals surface area contributed by atoms with Crippen molar-refractivity contribution in [2.75, 3.05) is 20.1 Å². The van der Waals surface area contributed by atoms with Crippen LogP contribution in [-0.2, 0) is 7.05 Å². The van der Waals surface area contributed by atoms with Gasteiger partial charge in [-0.15, -0.1) is 0 Å². The van der Waals surface area contributed by atoms with Gasteiger partial charge in [0.1, 0.15) is 5.69 Å². The highest BCUT2D eigenvalue weighted by Crippen LogP contribution is 2.09. The molecule has 2 rings (SSSR count). The van der Waals surface area contributed by atoms with E-state index < -0.39 is 0 Å². The van der Waals surface area contributed by atoms with Crippen LogP contribution in [0, 0.1) is 0 Å². The van der Waals surface area contributed by atoms with E-state index in [-0.39, 0.29) is 5.91 Å². The van der Waals surface area contributed by atoms with Gasteiger partial charge >= 0.3 is 0 Å². The van der Waals surface area contributed by atoms with E-state index in [9.17, 15) is 4.79 Å².